The number of alkyl carbamates (subject to hydrolysis) is 1. The number of esters is 1. The van der Waals surface area contributed by atoms with Crippen molar-refractivity contribution in [2.75, 3.05) is 7.11 Å². The summed E-state index contributed by atoms with van der Waals surface area (Å²) >= 11 is 0. The van der Waals surface area contributed by atoms with Crippen LogP contribution in [-0.2, 0) is 38.2 Å². The van der Waals surface area contributed by atoms with Crippen LogP contribution in [-0.4, -0.2) is 77.0 Å². The first-order valence-electron chi connectivity index (χ1n) is 18.0. The second kappa shape index (κ2) is 19.0. The van der Waals surface area contributed by atoms with E-state index in [4.69, 9.17) is 9.47 Å². The fourth-order valence-corrected chi connectivity index (χ4v) is 4.78. The first-order valence-corrected chi connectivity index (χ1v) is 18.0. The number of nitrogens with one attached hydrogen (secondary N) is 6. The van der Waals surface area contributed by atoms with E-state index < -0.39 is 69.9 Å². The van der Waals surface area contributed by atoms with Gasteiger partial charge in [0.25, 0.3) is 11.8 Å². The lowest BCUT2D eigenvalue weighted by molar-refractivity contribution is -0.149. The molecule has 304 valence electrons. The van der Waals surface area contributed by atoms with E-state index in [0.717, 1.165) is 0 Å². The van der Waals surface area contributed by atoms with Gasteiger partial charge in [-0.25, -0.2) is 9.59 Å². The van der Waals surface area contributed by atoms with Gasteiger partial charge < -0.3 is 41.4 Å². The number of hydrogen-bond donors (Lipinski definition) is 6. The number of carbonyl (C=O) groups excluding carboxylic acids is 7. The van der Waals surface area contributed by atoms with E-state index in [1.54, 1.807) is 95.3 Å². The Morgan fingerprint density at radius 3 is 1.36 bits per heavy atom. The average molecular weight is 777 g/mol. The molecule has 0 fully saturated rings. The summed E-state index contributed by atoms with van der Waals surface area (Å²) in [4.78, 5) is 93.1. The van der Waals surface area contributed by atoms with Crippen LogP contribution in [0.3, 0.4) is 0 Å². The lowest BCUT2D eigenvalue weighted by Gasteiger charge is -2.31. The van der Waals surface area contributed by atoms with Crippen LogP contribution in [0.15, 0.2) is 72.1 Å². The minimum absolute atomic E-state index is 0.229. The molecule has 0 bridgehead atoms. The van der Waals surface area contributed by atoms with Crippen LogP contribution >= 0.6 is 0 Å². The van der Waals surface area contributed by atoms with Crippen molar-refractivity contribution in [3.8, 4) is 0 Å². The molecule has 6 amide bonds. The number of amides is 6. The zero-order valence-electron chi connectivity index (χ0n) is 34.3. The fraction of sp³-hybridized carbons (Fsp3) is 0.439. The van der Waals surface area contributed by atoms with E-state index >= 15 is 0 Å². The summed E-state index contributed by atoms with van der Waals surface area (Å²) < 4.78 is 10.1. The molecule has 0 radical (unpaired) electrons. The van der Waals surface area contributed by atoms with Crippen molar-refractivity contribution in [3.05, 3.63) is 83.2 Å². The highest BCUT2D eigenvalue weighted by molar-refractivity contribution is 6.08. The molecule has 0 aromatic heterocycles. The van der Waals surface area contributed by atoms with Crippen molar-refractivity contribution in [2.45, 2.75) is 104 Å². The Kier molecular flexibility index (Phi) is 15.7. The summed E-state index contributed by atoms with van der Waals surface area (Å²) in [6.45, 7) is 17.0. The first-order chi connectivity index (χ1) is 25.8. The minimum Gasteiger partial charge on any atom is -0.467 e. The maximum atomic E-state index is 13.9. The van der Waals surface area contributed by atoms with Crippen LogP contribution < -0.4 is 31.9 Å². The van der Waals surface area contributed by atoms with E-state index in [9.17, 15) is 33.6 Å². The van der Waals surface area contributed by atoms with Gasteiger partial charge in [0, 0.05) is 0 Å². The van der Waals surface area contributed by atoms with Gasteiger partial charge in [-0.15, -0.1) is 0 Å². The van der Waals surface area contributed by atoms with Gasteiger partial charge in [-0.2, -0.15) is 0 Å². The Morgan fingerprint density at radius 1 is 0.589 bits per heavy atom. The normalized spacial score (nSPS) is 13.1. The summed E-state index contributed by atoms with van der Waals surface area (Å²) in [5.41, 5.74) is -5.00. The Labute approximate surface area is 328 Å². The van der Waals surface area contributed by atoms with Gasteiger partial charge in [-0.3, -0.25) is 24.0 Å². The third kappa shape index (κ3) is 14.3. The SMILES string of the molecule is COC(=O)C(C)(C)NC(=O)/C(=C/c1ccccc1)NC(=O)C(C)(C)NC(=O)/C(=C/c1ccccc1)NC(=O)C(C)(C)NC(=O)[C@@H](NC(=O)OC(C)(C)C)C(C)C. The summed E-state index contributed by atoms with van der Waals surface area (Å²) in [7, 11) is 1.18. The highest BCUT2D eigenvalue weighted by atomic mass is 16.6. The van der Waals surface area contributed by atoms with Crippen LogP contribution in [0, 0.1) is 5.92 Å². The van der Waals surface area contributed by atoms with E-state index in [1.165, 1.54) is 60.8 Å². The van der Waals surface area contributed by atoms with Crippen LogP contribution in [0.1, 0.15) is 87.3 Å². The summed E-state index contributed by atoms with van der Waals surface area (Å²) in [6, 6.07) is 16.2. The van der Waals surface area contributed by atoms with Crippen LogP contribution in [0.2, 0.25) is 0 Å². The van der Waals surface area contributed by atoms with Gasteiger partial charge in [0.05, 0.1) is 7.11 Å². The van der Waals surface area contributed by atoms with Gasteiger partial charge >= 0.3 is 12.1 Å². The van der Waals surface area contributed by atoms with E-state index in [2.05, 4.69) is 31.9 Å². The zero-order chi connectivity index (χ0) is 42.6. The molecule has 0 saturated carbocycles. The van der Waals surface area contributed by atoms with Crippen molar-refractivity contribution in [2.24, 2.45) is 5.92 Å². The topological polar surface area (TPSA) is 210 Å². The summed E-state index contributed by atoms with van der Waals surface area (Å²) in [5.74, 6) is -5.05. The largest absolute Gasteiger partial charge is 0.467 e. The molecule has 0 aliphatic rings. The van der Waals surface area contributed by atoms with E-state index in [-0.39, 0.29) is 17.3 Å². The van der Waals surface area contributed by atoms with Crippen molar-refractivity contribution in [1.29, 1.82) is 0 Å². The average Bonchev–Trinajstić information content (AvgIpc) is 3.08. The third-order valence-electron chi connectivity index (χ3n) is 7.95. The molecule has 0 saturated heterocycles. The smallest absolute Gasteiger partial charge is 0.408 e. The standard InChI is InChI=1S/C41H56N6O9/c1-25(2)30(44-37(54)56-38(3,4)5)33(50)47-40(8,9)35(52)42-28(23-26-19-15-13-16-20-26)31(48)45-39(6,7)34(51)43-29(24-27-21-17-14-18-22-27)32(49)46-41(10,11)36(53)55-12/h13-25,30H,1-12H3,(H,42,52)(H,43,51)(H,44,54)(H,45,48)(H,46,49)(H,47,50)/b28-23-,29-24-/t30-/m0/s1. The Hall–Kier alpha value is -5.99. The number of benzene rings is 2. The van der Waals surface area contributed by atoms with Crippen molar-refractivity contribution in [1.82, 2.24) is 31.9 Å². The Balaban J connectivity index is 2.38. The molecule has 0 aliphatic heterocycles. The van der Waals surface area contributed by atoms with Crippen LogP contribution in [0.4, 0.5) is 4.79 Å². The van der Waals surface area contributed by atoms with Gasteiger partial charge in [0.15, 0.2) is 0 Å². The molecule has 1 atom stereocenters. The minimum atomic E-state index is -1.70. The summed E-state index contributed by atoms with van der Waals surface area (Å²) in [6.07, 6.45) is 1.99. The maximum Gasteiger partial charge on any atom is 0.408 e. The van der Waals surface area contributed by atoms with Crippen LogP contribution in [0.25, 0.3) is 12.2 Å². The quantitative estimate of drug-likeness (QED) is 0.115. The molecule has 0 unspecified atom stereocenters. The number of rotatable bonds is 15. The Bertz CT molecular complexity index is 1830. The molecule has 15 nitrogen and oxygen atoms in total. The molecular formula is C41H56N6O9. The molecule has 56 heavy (non-hydrogen) atoms. The molecule has 6 N–H and O–H groups in total. The molecule has 0 aliphatic carbocycles. The van der Waals surface area contributed by atoms with Gasteiger partial charge in [0.1, 0.15) is 39.7 Å². The highest BCUT2D eigenvalue weighted by Crippen LogP contribution is 2.15. The molecule has 0 spiro atoms. The third-order valence-corrected chi connectivity index (χ3v) is 7.95. The van der Waals surface area contributed by atoms with Crippen LogP contribution in [0.5, 0.6) is 0 Å². The summed E-state index contributed by atoms with van der Waals surface area (Å²) in [5, 5.41) is 15.5. The Morgan fingerprint density at radius 2 is 0.982 bits per heavy atom. The molecule has 0 heterocycles. The fourth-order valence-electron chi connectivity index (χ4n) is 4.78. The second-order valence-corrected chi connectivity index (χ2v) is 16.0. The second-order valence-electron chi connectivity index (χ2n) is 16.0. The zero-order valence-corrected chi connectivity index (χ0v) is 34.3. The first kappa shape index (κ1) is 46.2. The van der Waals surface area contributed by atoms with E-state index in [0.29, 0.717) is 11.1 Å². The predicted molar refractivity (Wildman–Crippen MR) is 212 cm³/mol. The lowest BCUT2D eigenvalue weighted by atomic mass is 9.99. The molecule has 2 aromatic rings. The highest BCUT2D eigenvalue weighted by Gasteiger charge is 2.38. The lowest BCUT2D eigenvalue weighted by Crippen LogP contribution is -2.61. The van der Waals surface area contributed by atoms with Gasteiger partial charge in [-0.05, 0) is 91.5 Å². The van der Waals surface area contributed by atoms with Crippen molar-refractivity contribution >= 4 is 53.8 Å². The number of methoxy groups -OCH3 is 1. The van der Waals surface area contributed by atoms with Gasteiger partial charge in [-0.1, -0.05) is 74.5 Å². The van der Waals surface area contributed by atoms with E-state index in [1.807, 2.05) is 0 Å². The monoisotopic (exact) mass is 776 g/mol. The number of hydrogen-bond acceptors (Lipinski definition) is 9. The maximum absolute atomic E-state index is 13.9. The van der Waals surface area contributed by atoms with Crippen molar-refractivity contribution in [3.63, 3.8) is 0 Å². The predicted octanol–water partition coefficient (Wildman–Crippen LogP) is 3.71. The molecule has 2 rings (SSSR count). The number of ether oxygens (including phenoxy) is 2. The molecular weight excluding hydrogens is 720 g/mol. The van der Waals surface area contributed by atoms with Gasteiger partial charge in [0.2, 0.25) is 17.7 Å². The number of carbonyl (C=O) groups is 7. The van der Waals surface area contributed by atoms with Crippen molar-refractivity contribution < 1.29 is 43.0 Å². The molecule has 2 aromatic carbocycles. The molecule has 15 heteroatoms.